The van der Waals surface area contributed by atoms with Gasteiger partial charge >= 0.3 is 0 Å². The van der Waals surface area contributed by atoms with Crippen LogP contribution in [0.2, 0.25) is 5.02 Å². The van der Waals surface area contributed by atoms with Crippen molar-refractivity contribution in [2.75, 3.05) is 19.5 Å². The first kappa shape index (κ1) is 21.6. The highest BCUT2D eigenvalue weighted by Crippen LogP contribution is 2.26. The molecule has 0 fully saturated rings. The van der Waals surface area contributed by atoms with E-state index in [0.29, 0.717) is 23.9 Å². The monoisotopic (exact) mass is 432 g/mol. The molecule has 0 radical (unpaired) electrons. The Hall–Kier alpha value is -2.09. The highest BCUT2D eigenvalue weighted by molar-refractivity contribution is 7.99. The van der Waals surface area contributed by atoms with Gasteiger partial charge in [-0.2, -0.15) is 0 Å². The van der Waals surface area contributed by atoms with Gasteiger partial charge in [0.2, 0.25) is 0 Å². The molecular formula is C21H25ClN4O2S. The lowest BCUT2D eigenvalue weighted by Crippen LogP contribution is -2.10. The fraction of sp³-hybridized carbons (Fsp3) is 0.381. The van der Waals surface area contributed by atoms with Crippen LogP contribution in [-0.4, -0.2) is 44.6 Å². The van der Waals surface area contributed by atoms with Gasteiger partial charge in [-0.1, -0.05) is 23.4 Å². The summed E-state index contributed by atoms with van der Waals surface area (Å²) in [5, 5.41) is 10.0. The van der Waals surface area contributed by atoms with Crippen LogP contribution in [0.1, 0.15) is 28.7 Å². The molecule has 3 rings (SSSR count). The van der Waals surface area contributed by atoms with Crippen molar-refractivity contribution in [2.45, 2.75) is 39.0 Å². The van der Waals surface area contributed by atoms with E-state index in [0.717, 1.165) is 40.0 Å². The number of Topliss-reactive ketones (excluding diaryl/α,β-unsaturated/α-hetero) is 1. The summed E-state index contributed by atoms with van der Waals surface area (Å²) in [7, 11) is 1.68. The maximum Gasteiger partial charge on any atom is 0.191 e. The molecule has 6 nitrogen and oxygen atoms in total. The SMILES string of the molecule is CCn1c(SCC(=O)c2cc(C)n(CCOC)c2C)nnc1-c1ccc(Cl)cc1. The summed E-state index contributed by atoms with van der Waals surface area (Å²) >= 11 is 7.40. The Morgan fingerprint density at radius 2 is 1.90 bits per heavy atom. The number of thioether (sulfide) groups is 1. The molecule has 2 heterocycles. The molecule has 154 valence electrons. The smallest absolute Gasteiger partial charge is 0.191 e. The molecule has 29 heavy (non-hydrogen) atoms. The lowest BCUT2D eigenvalue weighted by molar-refractivity contribution is 0.102. The summed E-state index contributed by atoms with van der Waals surface area (Å²) in [6.45, 7) is 8.10. The van der Waals surface area contributed by atoms with Crippen LogP contribution in [0, 0.1) is 13.8 Å². The van der Waals surface area contributed by atoms with E-state index in [1.54, 1.807) is 7.11 Å². The molecule has 0 saturated heterocycles. The van der Waals surface area contributed by atoms with E-state index in [2.05, 4.69) is 14.8 Å². The summed E-state index contributed by atoms with van der Waals surface area (Å²) in [6, 6.07) is 9.47. The molecule has 0 unspecified atom stereocenters. The van der Waals surface area contributed by atoms with Crippen LogP contribution in [0.5, 0.6) is 0 Å². The molecule has 2 aromatic heterocycles. The minimum absolute atomic E-state index is 0.0884. The molecule has 0 spiro atoms. The van der Waals surface area contributed by atoms with Crippen molar-refractivity contribution in [3.8, 4) is 11.4 Å². The predicted molar refractivity (Wildman–Crippen MR) is 117 cm³/mol. The molecule has 0 aliphatic heterocycles. The van der Waals surface area contributed by atoms with E-state index in [9.17, 15) is 4.79 Å². The second-order valence-electron chi connectivity index (χ2n) is 6.70. The number of ether oxygens (including phenoxy) is 1. The van der Waals surface area contributed by atoms with E-state index in [4.69, 9.17) is 16.3 Å². The zero-order chi connectivity index (χ0) is 21.0. The van der Waals surface area contributed by atoms with Crippen molar-refractivity contribution < 1.29 is 9.53 Å². The van der Waals surface area contributed by atoms with Crippen molar-refractivity contribution in [1.29, 1.82) is 0 Å². The number of benzene rings is 1. The van der Waals surface area contributed by atoms with Gasteiger partial charge in [-0.05, 0) is 51.1 Å². The van der Waals surface area contributed by atoms with E-state index >= 15 is 0 Å². The molecule has 0 aliphatic carbocycles. The topological polar surface area (TPSA) is 61.9 Å². The van der Waals surface area contributed by atoms with Gasteiger partial charge in [0, 0.05) is 47.7 Å². The van der Waals surface area contributed by atoms with Crippen LogP contribution in [0.15, 0.2) is 35.5 Å². The van der Waals surface area contributed by atoms with Gasteiger partial charge < -0.3 is 13.9 Å². The Morgan fingerprint density at radius 1 is 1.17 bits per heavy atom. The minimum atomic E-state index is 0.0884. The maximum absolute atomic E-state index is 12.9. The summed E-state index contributed by atoms with van der Waals surface area (Å²) < 4.78 is 9.30. The normalized spacial score (nSPS) is 11.2. The molecule has 0 N–H and O–H groups in total. The Bertz CT molecular complexity index is 995. The molecule has 0 amide bonds. The average molecular weight is 433 g/mol. The van der Waals surface area contributed by atoms with Crippen molar-refractivity contribution in [3.05, 3.63) is 52.3 Å². The summed E-state index contributed by atoms with van der Waals surface area (Å²) in [6.07, 6.45) is 0. The zero-order valence-electron chi connectivity index (χ0n) is 17.1. The van der Waals surface area contributed by atoms with Gasteiger partial charge in [-0.25, -0.2) is 0 Å². The summed E-state index contributed by atoms with van der Waals surface area (Å²) in [5.74, 6) is 1.18. The molecule has 8 heteroatoms. The summed E-state index contributed by atoms with van der Waals surface area (Å²) in [5.41, 5.74) is 3.74. The third kappa shape index (κ3) is 4.74. The van der Waals surface area contributed by atoms with Crippen LogP contribution >= 0.6 is 23.4 Å². The van der Waals surface area contributed by atoms with Crippen molar-refractivity contribution in [3.63, 3.8) is 0 Å². The Labute approximate surface area is 180 Å². The molecule has 1 aromatic carbocycles. The Kier molecular flexibility index (Phi) is 7.16. The highest BCUT2D eigenvalue weighted by Gasteiger charge is 2.18. The van der Waals surface area contributed by atoms with Gasteiger partial charge in [0.1, 0.15) is 0 Å². The maximum atomic E-state index is 12.9. The number of nitrogens with zero attached hydrogens (tertiary/aromatic N) is 4. The number of aryl methyl sites for hydroxylation is 1. The van der Waals surface area contributed by atoms with Crippen molar-refractivity contribution >= 4 is 29.1 Å². The number of rotatable bonds is 9. The lowest BCUT2D eigenvalue weighted by atomic mass is 10.2. The first-order chi connectivity index (χ1) is 14.0. The van der Waals surface area contributed by atoms with Gasteiger partial charge in [0.25, 0.3) is 0 Å². The van der Waals surface area contributed by atoms with Crippen LogP contribution in [0.3, 0.4) is 0 Å². The third-order valence-electron chi connectivity index (χ3n) is 4.86. The Morgan fingerprint density at radius 3 is 2.55 bits per heavy atom. The van der Waals surface area contributed by atoms with E-state index < -0.39 is 0 Å². The molecule has 0 saturated carbocycles. The Balaban J connectivity index is 1.75. The van der Waals surface area contributed by atoms with Crippen molar-refractivity contribution in [1.82, 2.24) is 19.3 Å². The van der Waals surface area contributed by atoms with E-state index in [1.165, 1.54) is 11.8 Å². The predicted octanol–water partition coefficient (Wildman–Crippen LogP) is 4.66. The van der Waals surface area contributed by atoms with Gasteiger partial charge in [0.05, 0.1) is 12.4 Å². The molecule has 0 atom stereocenters. The van der Waals surface area contributed by atoms with E-state index in [-0.39, 0.29) is 5.78 Å². The zero-order valence-corrected chi connectivity index (χ0v) is 18.7. The van der Waals surface area contributed by atoms with Crippen LogP contribution in [0.25, 0.3) is 11.4 Å². The van der Waals surface area contributed by atoms with E-state index in [1.807, 2.05) is 55.7 Å². The summed E-state index contributed by atoms with van der Waals surface area (Å²) in [4.78, 5) is 12.9. The first-order valence-electron chi connectivity index (χ1n) is 9.47. The second kappa shape index (κ2) is 9.61. The molecule has 0 aliphatic rings. The fourth-order valence-corrected chi connectivity index (χ4v) is 4.32. The highest BCUT2D eigenvalue weighted by atomic mass is 35.5. The molecule has 3 aromatic rings. The first-order valence-corrected chi connectivity index (χ1v) is 10.8. The molecule has 0 bridgehead atoms. The van der Waals surface area contributed by atoms with Crippen LogP contribution < -0.4 is 0 Å². The minimum Gasteiger partial charge on any atom is -0.383 e. The van der Waals surface area contributed by atoms with Crippen LogP contribution in [0.4, 0.5) is 0 Å². The van der Waals surface area contributed by atoms with Crippen molar-refractivity contribution in [2.24, 2.45) is 0 Å². The van der Waals surface area contributed by atoms with Gasteiger partial charge in [0.15, 0.2) is 16.8 Å². The standard InChI is InChI=1S/C21H25ClN4O2S/c1-5-25-20(16-6-8-17(22)9-7-16)23-24-21(25)29-13-19(27)18-12-14(2)26(15(18)3)10-11-28-4/h6-9,12H,5,10-11,13H2,1-4H3. The van der Waals surface area contributed by atoms with Gasteiger partial charge in [-0.15, -0.1) is 10.2 Å². The number of hydrogen-bond donors (Lipinski definition) is 0. The third-order valence-corrected chi connectivity index (χ3v) is 6.08. The quantitative estimate of drug-likeness (QED) is 0.363. The average Bonchev–Trinajstić information content (AvgIpc) is 3.25. The number of ketones is 1. The van der Waals surface area contributed by atoms with Crippen LogP contribution in [-0.2, 0) is 17.8 Å². The van der Waals surface area contributed by atoms with Gasteiger partial charge in [-0.3, -0.25) is 4.79 Å². The fourth-order valence-electron chi connectivity index (χ4n) is 3.31. The largest absolute Gasteiger partial charge is 0.383 e. The number of carbonyl (C=O) groups is 1. The second-order valence-corrected chi connectivity index (χ2v) is 8.08. The molecular weight excluding hydrogens is 408 g/mol. The number of methoxy groups -OCH3 is 1. The number of aromatic nitrogens is 4. The lowest BCUT2D eigenvalue weighted by Gasteiger charge is -2.09. The number of carbonyl (C=O) groups excluding carboxylic acids is 1. The number of halogens is 1. The number of hydrogen-bond acceptors (Lipinski definition) is 5.